The number of likely N-dealkylation sites (tertiary alicyclic amines) is 1. The third kappa shape index (κ3) is 4.94. The van der Waals surface area contributed by atoms with Crippen molar-refractivity contribution >= 4 is 11.7 Å². The lowest BCUT2D eigenvalue weighted by Crippen LogP contribution is -2.46. The first kappa shape index (κ1) is 22.7. The largest absolute Gasteiger partial charge is 0.367 e. The number of carbonyl (C=O) groups is 1. The Balaban J connectivity index is 1.36. The number of hydrogen-bond acceptors (Lipinski definition) is 4. The molecule has 0 aromatic carbocycles. The number of aryl methyl sites for hydroxylation is 1. The Morgan fingerprint density at radius 2 is 2.03 bits per heavy atom. The van der Waals surface area contributed by atoms with Crippen LogP contribution in [0.3, 0.4) is 0 Å². The van der Waals surface area contributed by atoms with Crippen molar-refractivity contribution in [3.63, 3.8) is 0 Å². The molecule has 2 aliphatic heterocycles. The Bertz CT molecular complexity index is 916. The van der Waals surface area contributed by atoms with Crippen molar-refractivity contribution in [2.24, 2.45) is 5.92 Å². The van der Waals surface area contributed by atoms with E-state index in [4.69, 9.17) is 0 Å². The molecule has 6 nitrogen and oxygen atoms in total. The number of halogens is 2. The molecule has 0 radical (unpaired) electrons. The topological polar surface area (TPSA) is 63.1 Å². The SMILES string of the molecule is CC(C)(C)c1cc2n(n1)[C@@H](C(F)F)C[C@@H](C1CCN(C(=O)CCc3cccnc3)CC1)N2. The predicted octanol–water partition coefficient (Wildman–Crippen LogP) is 4.44. The average Bonchev–Trinajstić information content (AvgIpc) is 3.22. The third-order valence-electron chi connectivity index (χ3n) is 6.75. The number of nitrogens with one attached hydrogen (secondary N) is 1. The molecule has 4 heterocycles. The van der Waals surface area contributed by atoms with E-state index in [1.165, 1.54) is 4.68 Å². The minimum Gasteiger partial charge on any atom is -0.367 e. The van der Waals surface area contributed by atoms with Gasteiger partial charge in [0.15, 0.2) is 0 Å². The molecule has 1 amide bonds. The monoisotopic (exact) mass is 445 g/mol. The Kier molecular flexibility index (Phi) is 6.49. The number of anilines is 1. The molecule has 4 rings (SSSR count). The molecule has 174 valence electrons. The van der Waals surface area contributed by atoms with Gasteiger partial charge in [-0.2, -0.15) is 5.10 Å². The van der Waals surface area contributed by atoms with E-state index in [9.17, 15) is 13.6 Å². The van der Waals surface area contributed by atoms with Gasteiger partial charge in [0.25, 0.3) is 6.43 Å². The van der Waals surface area contributed by atoms with Gasteiger partial charge in [0, 0.05) is 49.4 Å². The van der Waals surface area contributed by atoms with Crippen molar-refractivity contribution in [1.82, 2.24) is 19.7 Å². The van der Waals surface area contributed by atoms with Gasteiger partial charge in [0.1, 0.15) is 11.9 Å². The second-order valence-electron chi connectivity index (χ2n) is 10.1. The van der Waals surface area contributed by atoms with E-state index in [1.807, 2.05) is 43.9 Å². The standard InChI is InChI=1S/C24H33F2N5O/c1-24(2,3)20-14-21-28-18(13-19(23(25)26)31(21)29-20)17-8-11-30(12-9-17)22(32)7-6-16-5-4-10-27-15-16/h4-5,10,14-15,17-19,23,28H,6-9,11-13H2,1-3H3/t18-,19+/m0/s1. The van der Waals surface area contributed by atoms with Crippen LogP contribution >= 0.6 is 0 Å². The van der Waals surface area contributed by atoms with Crippen LogP contribution in [0.4, 0.5) is 14.6 Å². The van der Waals surface area contributed by atoms with E-state index < -0.39 is 12.5 Å². The zero-order valence-electron chi connectivity index (χ0n) is 19.1. The third-order valence-corrected chi connectivity index (χ3v) is 6.75. The van der Waals surface area contributed by atoms with Gasteiger partial charge in [0.2, 0.25) is 5.91 Å². The molecule has 1 saturated heterocycles. The molecule has 2 aromatic heterocycles. The van der Waals surface area contributed by atoms with Gasteiger partial charge in [-0.25, -0.2) is 13.5 Å². The van der Waals surface area contributed by atoms with E-state index in [2.05, 4.69) is 15.4 Å². The summed E-state index contributed by atoms with van der Waals surface area (Å²) in [5, 5.41) is 7.99. The highest BCUT2D eigenvalue weighted by Gasteiger charge is 2.39. The van der Waals surface area contributed by atoms with Crippen LogP contribution in [0.15, 0.2) is 30.6 Å². The first-order valence-corrected chi connectivity index (χ1v) is 11.5. The summed E-state index contributed by atoms with van der Waals surface area (Å²) in [5.74, 6) is 1.11. The first-order chi connectivity index (χ1) is 15.2. The van der Waals surface area contributed by atoms with Crippen LogP contribution < -0.4 is 5.32 Å². The van der Waals surface area contributed by atoms with Crippen molar-refractivity contribution in [2.75, 3.05) is 18.4 Å². The maximum absolute atomic E-state index is 13.9. The van der Waals surface area contributed by atoms with Gasteiger partial charge in [-0.3, -0.25) is 9.78 Å². The van der Waals surface area contributed by atoms with Gasteiger partial charge < -0.3 is 10.2 Å². The smallest absolute Gasteiger partial charge is 0.260 e. The number of fused-ring (bicyclic) bond motifs is 1. The van der Waals surface area contributed by atoms with Gasteiger partial charge in [0.05, 0.1) is 5.69 Å². The number of hydrogen-bond donors (Lipinski definition) is 1. The predicted molar refractivity (Wildman–Crippen MR) is 120 cm³/mol. The summed E-state index contributed by atoms with van der Waals surface area (Å²) in [4.78, 5) is 18.6. The molecule has 2 aliphatic rings. The molecule has 0 aliphatic carbocycles. The Labute approximate surface area is 188 Å². The molecular formula is C24H33F2N5O. The lowest BCUT2D eigenvalue weighted by Gasteiger charge is -2.40. The molecule has 8 heteroatoms. The Hall–Kier alpha value is -2.51. The Morgan fingerprint density at radius 3 is 2.66 bits per heavy atom. The highest BCUT2D eigenvalue weighted by Crippen LogP contribution is 2.38. The maximum atomic E-state index is 13.9. The fourth-order valence-corrected chi connectivity index (χ4v) is 4.76. The lowest BCUT2D eigenvalue weighted by atomic mass is 9.84. The molecule has 1 fully saturated rings. The summed E-state index contributed by atoms with van der Waals surface area (Å²) in [6.45, 7) is 7.48. The number of alkyl halides is 2. The van der Waals surface area contributed by atoms with E-state index in [-0.39, 0.29) is 23.3 Å². The molecule has 2 aromatic rings. The quantitative estimate of drug-likeness (QED) is 0.739. The van der Waals surface area contributed by atoms with E-state index >= 15 is 0 Å². The summed E-state index contributed by atoms with van der Waals surface area (Å²) in [7, 11) is 0. The second kappa shape index (κ2) is 9.16. The van der Waals surface area contributed by atoms with Crippen LogP contribution in [0.1, 0.15) is 63.8 Å². The zero-order chi connectivity index (χ0) is 22.9. The van der Waals surface area contributed by atoms with Crippen molar-refractivity contribution in [3.8, 4) is 0 Å². The number of rotatable bonds is 5. The van der Waals surface area contributed by atoms with Gasteiger partial charge >= 0.3 is 0 Å². The highest BCUT2D eigenvalue weighted by molar-refractivity contribution is 5.76. The number of amides is 1. The number of nitrogens with zero attached hydrogens (tertiary/aromatic N) is 4. The molecular weight excluding hydrogens is 412 g/mol. The minimum absolute atomic E-state index is 0.0290. The molecule has 1 N–H and O–H groups in total. The summed E-state index contributed by atoms with van der Waals surface area (Å²) in [5.41, 5.74) is 1.68. The average molecular weight is 446 g/mol. The summed E-state index contributed by atoms with van der Waals surface area (Å²) < 4.78 is 29.3. The highest BCUT2D eigenvalue weighted by atomic mass is 19.3. The van der Waals surface area contributed by atoms with Crippen molar-refractivity contribution < 1.29 is 13.6 Å². The molecule has 0 bridgehead atoms. The molecule has 0 unspecified atom stereocenters. The van der Waals surface area contributed by atoms with Crippen LogP contribution in [0.5, 0.6) is 0 Å². The van der Waals surface area contributed by atoms with Gasteiger partial charge in [-0.05, 0) is 43.2 Å². The van der Waals surface area contributed by atoms with E-state index in [1.54, 1.807) is 12.4 Å². The fraction of sp³-hybridized carbons (Fsp3) is 0.625. The van der Waals surface area contributed by atoms with E-state index in [0.29, 0.717) is 38.2 Å². The summed E-state index contributed by atoms with van der Waals surface area (Å²) >= 11 is 0. The Morgan fingerprint density at radius 1 is 1.28 bits per heavy atom. The van der Waals surface area contributed by atoms with Crippen LogP contribution in [0, 0.1) is 5.92 Å². The van der Waals surface area contributed by atoms with Crippen LogP contribution in [0.25, 0.3) is 0 Å². The number of aromatic nitrogens is 3. The molecule has 2 atom stereocenters. The number of carbonyl (C=O) groups excluding carboxylic acids is 1. The molecule has 0 spiro atoms. The van der Waals surface area contributed by atoms with Crippen LogP contribution in [-0.2, 0) is 16.6 Å². The lowest BCUT2D eigenvalue weighted by molar-refractivity contribution is -0.132. The van der Waals surface area contributed by atoms with Crippen LogP contribution in [-0.4, -0.2) is 51.1 Å². The normalized spacial score (nSPS) is 22.0. The van der Waals surface area contributed by atoms with Crippen LogP contribution in [0.2, 0.25) is 0 Å². The molecule has 32 heavy (non-hydrogen) atoms. The van der Waals surface area contributed by atoms with Crippen molar-refractivity contribution in [3.05, 3.63) is 41.9 Å². The van der Waals surface area contributed by atoms with Gasteiger partial charge in [-0.1, -0.05) is 26.8 Å². The number of piperidine rings is 1. The zero-order valence-corrected chi connectivity index (χ0v) is 19.1. The molecule has 0 saturated carbocycles. The number of pyridine rings is 1. The maximum Gasteiger partial charge on any atom is 0.260 e. The summed E-state index contributed by atoms with van der Waals surface area (Å²) in [6, 6.07) is 4.84. The second-order valence-corrected chi connectivity index (χ2v) is 10.1. The summed E-state index contributed by atoms with van der Waals surface area (Å²) in [6.07, 6.45) is 4.23. The van der Waals surface area contributed by atoms with Crippen molar-refractivity contribution in [2.45, 2.75) is 76.8 Å². The van der Waals surface area contributed by atoms with E-state index in [0.717, 1.165) is 24.1 Å². The minimum atomic E-state index is -2.46. The fourth-order valence-electron chi connectivity index (χ4n) is 4.76. The van der Waals surface area contributed by atoms with Gasteiger partial charge in [-0.15, -0.1) is 0 Å². The first-order valence-electron chi connectivity index (χ1n) is 11.5. The van der Waals surface area contributed by atoms with Crippen molar-refractivity contribution in [1.29, 1.82) is 0 Å².